The SMILES string of the molecule is COc1ccc(NC(=O)CN2C[C@H](c3ccc(OC)c(OC4CCCO4)c3)CC2=O)cc1F. The van der Waals surface area contributed by atoms with E-state index in [1.54, 1.807) is 13.2 Å². The fourth-order valence-electron chi connectivity index (χ4n) is 4.09. The van der Waals surface area contributed by atoms with Gasteiger partial charge in [-0.15, -0.1) is 0 Å². The third-order valence-corrected chi connectivity index (χ3v) is 5.79. The number of benzene rings is 2. The molecule has 2 aromatic carbocycles. The molecule has 8 nitrogen and oxygen atoms in total. The molecule has 1 unspecified atom stereocenters. The molecule has 2 saturated heterocycles. The highest BCUT2D eigenvalue weighted by Crippen LogP contribution is 2.36. The largest absolute Gasteiger partial charge is 0.494 e. The molecule has 2 aliphatic heterocycles. The lowest BCUT2D eigenvalue weighted by molar-refractivity contribution is -0.131. The summed E-state index contributed by atoms with van der Waals surface area (Å²) in [5, 5.41) is 2.62. The van der Waals surface area contributed by atoms with Crippen molar-refractivity contribution in [1.82, 2.24) is 4.90 Å². The highest BCUT2D eigenvalue weighted by Gasteiger charge is 2.32. The summed E-state index contributed by atoms with van der Waals surface area (Å²) >= 11 is 0. The lowest BCUT2D eigenvalue weighted by Crippen LogP contribution is -2.34. The number of ether oxygens (including phenoxy) is 4. The zero-order valence-electron chi connectivity index (χ0n) is 18.6. The summed E-state index contributed by atoms with van der Waals surface area (Å²) < 4.78 is 35.6. The van der Waals surface area contributed by atoms with E-state index in [0.717, 1.165) is 18.4 Å². The van der Waals surface area contributed by atoms with Crippen molar-refractivity contribution >= 4 is 17.5 Å². The number of rotatable bonds is 8. The van der Waals surface area contributed by atoms with E-state index in [4.69, 9.17) is 18.9 Å². The van der Waals surface area contributed by atoms with Crippen LogP contribution in [0.1, 0.15) is 30.7 Å². The van der Waals surface area contributed by atoms with Crippen molar-refractivity contribution < 1.29 is 32.9 Å². The zero-order chi connectivity index (χ0) is 23.4. The van der Waals surface area contributed by atoms with Crippen LogP contribution in [-0.2, 0) is 14.3 Å². The van der Waals surface area contributed by atoms with Gasteiger partial charge in [0.25, 0.3) is 0 Å². The third kappa shape index (κ3) is 5.36. The molecule has 0 spiro atoms. The molecular weight excluding hydrogens is 431 g/mol. The Bertz CT molecular complexity index is 1020. The Balaban J connectivity index is 1.39. The molecule has 176 valence electrons. The Hall–Kier alpha value is -3.33. The second kappa shape index (κ2) is 10.1. The summed E-state index contributed by atoms with van der Waals surface area (Å²) in [6, 6.07) is 9.75. The smallest absolute Gasteiger partial charge is 0.243 e. The first-order chi connectivity index (χ1) is 16.0. The Morgan fingerprint density at radius 1 is 1.15 bits per heavy atom. The zero-order valence-corrected chi connectivity index (χ0v) is 18.6. The topological polar surface area (TPSA) is 86.3 Å². The van der Waals surface area contributed by atoms with Crippen molar-refractivity contribution in [3.8, 4) is 17.2 Å². The van der Waals surface area contributed by atoms with E-state index < -0.39 is 11.7 Å². The number of carbonyl (C=O) groups excluding carboxylic acids is 2. The summed E-state index contributed by atoms with van der Waals surface area (Å²) in [7, 11) is 2.94. The van der Waals surface area contributed by atoms with Gasteiger partial charge in [0.2, 0.25) is 11.8 Å². The maximum absolute atomic E-state index is 13.9. The van der Waals surface area contributed by atoms with E-state index in [-0.39, 0.29) is 36.8 Å². The van der Waals surface area contributed by atoms with E-state index in [2.05, 4.69) is 5.32 Å². The van der Waals surface area contributed by atoms with E-state index >= 15 is 0 Å². The van der Waals surface area contributed by atoms with Crippen molar-refractivity contribution in [1.29, 1.82) is 0 Å². The van der Waals surface area contributed by atoms with Crippen LogP contribution < -0.4 is 19.5 Å². The van der Waals surface area contributed by atoms with Gasteiger partial charge in [0, 0.05) is 37.1 Å². The van der Waals surface area contributed by atoms with Gasteiger partial charge >= 0.3 is 0 Å². The van der Waals surface area contributed by atoms with Crippen LogP contribution in [-0.4, -0.2) is 56.9 Å². The average Bonchev–Trinajstić information content (AvgIpc) is 3.43. The summed E-state index contributed by atoms with van der Waals surface area (Å²) in [6.07, 6.45) is 1.75. The molecule has 0 aliphatic carbocycles. The van der Waals surface area contributed by atoms with Gasteiger partial charge in [-0.05, 0) is 36.2 Å². The first-order valence-electron chi connectivity index (χ1n) is 10.8. The fraction of sp³-hybridized carbons (Fsp3) is 0.417. The minimum atomic E-state index is -0.576. The maximum Gasteiger partial charge on any atom is 0.243 e. The fourth-order valence-corrected chi connectivity index (χ4v) is 4.09. The van der Waals surface area contributed by atoms with Crippen LogP contribution in [0.3, 0.4) is 0 Å². The number of likely N-dealkylation sites (tertiary alicyclic amines) is 1. The van der Waals surface area contributed by atoms with Crippen LogP contribution in [0.2, 0.25) is 0 Å². The summed E-state index contributed by atoms with van der Waals surface area (Å²) in [4.78, 5) is 26.5. The lowest BCUT2D eigenvalue weighted by atomic mass is 9.98. The number of amides is 2. The van der Waals surface area contributed by atoms with Crippen LogP contribution in [0.5, 0.6) is 17.2 Å². The van der Waals surface area contributed by atoms with Crippen molar-refractivity contribution in [3.63, 3.8) is 0 Å². The Morgan fingerprint density at radius 2 is 1.94 bits per heavy atom. The summed E-state index contributed by atoms with van der Waals surface area (Å²) in [5.74, 6) is 0.0929. The Morgan fingerprint density at radius 3 is 2.64 bits per heavy atom. The minimum Gasteiger partial charge on any atom is -0.494 e. The molecule has 2 heterocycles. The molecule has 0 aromatic heterocycles. The lowest BCUT2D eigenvalue weighted by Gasteiger charge is -2.19. The van der Waals surface area contributed by atoms with Crippen LogP contribution in [0.25, 0.3) is 0 Å². The molecular formula is C24H27FN2O6. The standard InChI is InChI=1S/C24H27FN2O6/c1-30-19-8-6-17(12-18(19)25)26-22(28)14-27-13-16(11-23(27)29)15-5-7-20(31-2)21(10-15)33-24-4-3-9-32-24/h5-8,10,12,16,24H,3-4,9,11,13-14H2,1-2H3,(H,26,28)/t16-,24?/m1/s1. The molecule has 0 radical (unpaired) electrons. The quantitative estimate of drug-likeness (QED) is 0.653. The van der Waals surface area contributed by atoms with E-state index in [0.29, 0.717) is 30.3 Å². The molecule has 2 aromatic rings. The molecule has 2 fully saturated rings. The van der Waals surface area contributed by atoms with Crippen LogP contribution in [0.15, 0.2) is 36.4 Å². The molecule has 0 saturated carbocycles. The van der Waals surface area contributed by atoms with Crippen molar-refractivity contribution in [2.45, 2.75) is 31.5 Å². The van der Waals surface area contributed by atoms with E-state index in [1.807, 2.05) is 18.2 Å². The normalized spacial score (nSPS) is 20.1. The summed E-state index contributed by atoms with van der Waals surface area (Å²) in [5.41, 5.74) is 1.23. The highest BCUT2D eigenvalue weighted by atomic mass is 19.1. The van der Waals surface area contributed by atoms with Gasteiger partial charge in [-0.3, -0.25) is 9.59 Å². The molecule has 2 aliphatic rings. The minimum absolute atomic E-state index is 0.0820. The number of halogens is 1. The predicted octanol–water partition coefficient (Wildman–Crippen LogP) is 3.31. The molecule has 2 atom stereocenters. The molecule has 0 bridgehead atoms. The number of hydrogen-bond donors (Lipinski definition) is 1. The van der Waals surface area contributed by atoms with Crippen molar-refractivity contribution in [3.05, 3.63) is 47.8 Å². The number of carbonyl (C=O) groups is 2. The monoisotopic (exact) mass is 458 g/mol. The number of nitrogens with one attached hydrogen (secondary N) is 1. The number of hydrogen-bond acceptors (Lipinski definition) is 6. The van der Waals surface area contributed by atoms with Crippen LogP contribution in [0.4, 0.5) is 10.1 Å². The van der Waals surface area contributed by atoms with Crippen LogP contribution in [0, 0.1) is 5.82 Å². The van der Waals surface area contributed by atoms with E-state index in [1.165, 1.54) is 24.1 Å². The number of anilines is 1. The number of methoxy groups -OCH3 is 2. The second-order valence-electron chi connectivity index (χ2n) is 8.04. The molecule has 33 heavy (non-hydrogen) atoms. The summed E-state index contributed by atoms with van der Waals surface area (Å²) in [6.45, 7) is 0.956. The van der Waals surface area contributed by atoms with Gasteiger partial charge in [0.15, 0.2) is 29.4 Å². The highest BCUT2D eigenvalue weighted by molar-refractivity contribution is 5.95. The van der Waals surface area contributed by atoms with Gasteiger partial charge in [-0.1, -0.05) is 6.07 Å². The van der Waals surface area contributed by atoms with E-state index in [9.17, 15) is 14.0 Å². The number of nitrogens with zero attached hydrogens (tertiary/aromatic N) is 1. The first-order valence-corrected chi connectivity index (χ1v) is 10.8. The Labute approximate surface area is 191 Å². The average molecular weight is 458 g/mol. The van der Waals surface area contributed by atoms with Gasteiger partial charge in [0.05, 0.1) is 27.4 Å². The van der Waals surface area contributed by atoms with Gasteiger partial charge in [-0.25, -0.2) is 4.39 Å². The molecule has 2 amide bonds. The maximum atomic E-state index is 13.9. The predicted molar refractivity (Wildman–Crippen MR) is 118 cm³/mol. The third-order valence-electron chi connectivity index (χ3n) is 5.79. The van der Waals surface area contributed by atoms with Gasteiger partial charge in [0.1, 0.15) is 0 Å². The first kappa shape index (κ1) is 22.8. The van der Waals surface area contributed by atoms with Crippen molar-refractivity contribution in [2.24, 2.45) is 0 Å². The molecule has 1 N–H and O–H groups in total. The van der Waals surface area contributed by atoms with Gasteiger partial charge in [-0.2, -0.15) is 0 Å². The van der Waals surface area contributed by atoms with Crippen LogP contribution >= 0.6 is 0 Å². The second-order valence-corrected chi connectivity index (χ2v) is 8.04. The molecule has 9 heteroatoms. The van der Waals surface area contributed by atoms with Crippen molar-refractivity contribution in [2.75, 3.05) is 39.2 Å². The Kier molecular flexibility index (Phi) is 6.98. The van der Waals surface area contributed by atoms with Gasteiger partial charge < -0.3 is 29.2 Å². The molecule has 4 rings (SSSR count).